The molecule has 1 fully saturated rings. The molecule has 5 heteroatoms. The number of aromatic nitrogens is 1. The van der Waals surface area contributed by atoms with E-state index in [9.17, 15) is 0 Å². The lowest BCUT2D eigenvalue weighted by atomic mass is 10.1. The van der Waals surface area contributed by atoms with E-state index in [4.69, 9.17) is 9.15 Å². The molecule has 2 aromatic rings. The van der Waals surface area contributed by atoms with Crippen molar-refractivity contribution in [3.8, 4) is 0 Å². The summed E-state index contributed by atoms with van der Waals surface area (Å²) in [5.74, 6) is 2.85. The van der Waals surface area contributed by atoms with Crippen molar-refractivity contribution in [2.75, 3.05) is 38.2 Å². The molecule has 0 amide bonds. The highest BCUT2D eigenvalue weighted by Crippen LogP contribution is 2.24. The van der Waals surface area contributed by atoms with Crippen LogP contribution in [-0.2, 0) is 4.74 Å². The first-order valence-electron chi connectivity index (χ1n) is 7.78. The Balaban J connectivity index is 1.73. The molecule has 1 aliphatic rings. The fourth-order valence-corrected chi connectivity index (χ4v) is 2.77. The maximum atomic E-state index is 5.87. The quantitative estimate of drug-likeness (QED) is 0.920. The second-order valence-electron chi connectivity index (χ2n) is 5.66. The number of rotatable bonds is 5. The van der Waals surface area contributed by atoms with Crippen molar-refractivity contribution in [1.29, 1.82) is 0 Å². The molecule has 1 atom stereocenters. The van der Waals surface area contributed by atoms with Crippen LogP contribution in [0.3, 0.4) is 0 Å². The monoisotopic (exact) mass is 301 g/mol. The third-order valence-electron chi connectivity index (χ3n) is 3.94. The van der Waals surface area contributed by atoms with Crippen LogP contribution in [0.25, 0.3) is 0 Å². The standard InChI is InChI=1S/C17H23N3O2/c1-13-4-3-5-17(19-13)18-12-15(16-7-6-14(2)22-16)20-8-10-21-11-9-20/h3-7,15H,8-12H2,1-2H3,(H,18,19). The summed E-state index contributed by atoms with van der Waals surface area (Å²) in [6.07, 6.45) is 0. The first kappa shape index (κ1) is 15.1. The van der Waals surface area contributed by atoms with Gasteiger partial charge in [0.25, 0.3) is 0 Å². The third kappa shape index (κ3) is 3.67. The molecule has 3 heterocycles. The summed E-state index contributed by atoms with van der Waals surface area (Å²) in [4.78, 5) is 6.91. The molecule has 1 unspecified atom stereocenters. The smallest absolute Gasteiger partial charge is 0.126 e. The van der Waals surface area contributed by atoms with Crippen LogP contribution < -0.4 is 5.32 Å². The van der Waals surface area contributed by atoms with Crippen LogP contribution in [0, 0.1) is 13.8 Å². The zero-order valence-electron chi connectivity index (χ0n) is 13.2. The van der Waals surface area contributed by atoms with Gasteiger partial charge in [-0.25, -0.2) is 4.98 Å². The van der Waals surface area contributed by atoms with Gasteiger partial charge in [-0.1, -0.05) is 6.07 Å². The number of morpholine rings is 1. The third-order valence-corrected chi connectivity index (χ3v) is 3.94. The van der Waals surface area contributed by atoms with Crippen LogP contribution in [-0.4, -0.2) is 42.7 Å². The van der Waals surface area contributed by atoms with Crippen molar-refractivity contribution in [2.24, 2.45) is 0 Å². The van der Waals surface area contributed by atoms with Crippen molar-refractivity contribution < 1.29 is 9.15 Å². The highest BCUT2D eigenvalue weighted by molar-refractivity contribution is 5.35. The number of hydrogen-bond acceptors (Lipinski definition) is 5. The molecule has 0 saturated carbocycles. The zero-order valence-corrected chi connectivity index (χ0v) is 13.2. The van der Waals surface area contributed by atoms with Gasteiger partial charge in [0.1, 0.15) is 17.3 Å². The van der Waals surface area contributed by atoms with Crippen LogP contribution in [0.1, 0.15) is 23.3 Å². The average molecular weight is 301 g/mol. The predicted octanol–water partition coefficient (Wildman–Crippen LogP) is 2.78. The first-order valence-corrected chi connectivity index (χ1v) is 7.78. The first-order chi connectivity index (χ1) is 10.7. The molecule has 0 aliphatic carbocycles. The predicted molar refractivity (Wildman–Crippen MR) is 86.0 cm³/mol. The van der Waals surface area contributed by atoms with E-state index in [0.717, 1.165) is 55.9 Å². The number of nitrogens with zero attached hydrogens (tertiary/aromatic N) is 2. The van der Waals surface area contributed by atoms with Crippen molar-refractivity contribution in [3.05, 3.63) is 47.5 Å². The maximum absolute atomic E-state index is 5.87. The molecule has 2 aromatic heterocycles. The molecule has 0 spiro atoms. The number of pyridine rings is 1. The number of hydrogen-bond donors (Lipinski definition) is 1. The van der Waals surface area contributed by atoms with Crippen LogP contribution >= 0.6 is 0 Å². The van der Waals surface area contributed by atoms with Crippen LogP contribution in [0.15, 0.2) is 34.7 Å². The zero-order chi connectivity index (χ0) is 15.4. The lowest BCUT2D eigenvalue weighted by Gasteiger charge is -2.33. The van der Waals surface area contributed by atoms with Gasteiger partial charge in [-0.05, 0) is 38.1 Å². The Morgan fingerprint density at radius 2 is 2.00 bits per heavy atom. The number of nitrogens with one attached hydrogen (secondary N) is 1. The van der Waals surface area contributed by atoms with E-state index in [-0.39, 0.29) is 6.04 Å². The van der Waals surface area contributed by atoms with Gasteiger partial charge in [0.05, 0.1) is 19.3 Å². The highest BCUT2D eigenvalue weighted by Gasteiger charge is 2.25. The Hall–Kier alpha value is -1.85. The van der Waals surface area contributed by atoms with E-state index < -0.39 is 0 Å². The van der Waals surface area contributed by atoms with Crippen LogP contribution in [0.2, 0.25) is 0 Å². The molecule has 0 bridgehead atoms. The average Bonchev–Trinajstić information content (AvgIpc) is 2.95. The van der Waals surface area contributed by atoms with Gasteiger partial charge < -0.3 is 14.5 Å². The van der Waals surface area contributed by atoms with E-state index in [1.165, 1.54) is 0 Å². The summed E-state index contributed by atoms with van der Waals surface area (Å²) < 4.78 is 11.3. The summed E-state index contributed by atoms with van der Waals surface area (Å²) in [6, 6.07) is 10.3. The molecule has 1 aliphatic heterocycles. The SMILES string of the molecule is Cc1cccc(NCC(c2ccc(C)o2)N2CCOCC2)n1. The van der Waals surface area contributed by atoms with E-state index in [1.54, 1.807) is 0 Å². The van der Waals surface area contributed by atoms with E-state index >= 15 is 0 Å². The number of aryl methyl sites for hydroxylation is 2. The number of furan rings is 1. The normalized spacial score (nSPS) is 17.4. The molecular weight excluding hydrogens is 278 g/mol. The highest BCUT2D eigenvalue weighted by atomic mass is 16.5. The fraction of sp³-hybridized carbons (Fsp3) is 0.471. The number of anilines is 1. The lowest BCUT2D eigenvalue weighted by Crippen LogP contribution is -2.41. The Morgan fingerprint density at radius 3 is 2.68 bits per heavy atom. The van der Waals surface area contributed by atoms with Crippen molar-refractivity contribution >= 4 is 5.82 Å². The summed E-state index contributed by atoms with van der Waals surface area (Å²) in [5, 5.41) is 3.44. The minimum Gasteiger partial charge on any atom is -0.465 e. The van der Waals surface area contributed by atoms with Crippen molar-refractivity contribution in [1.82, 2.24) is 9.88 Å². The summed E-state index contributed by atoms with van der Waals surface area (Å²) in [5.41, 5.74) is 1.02. The molecule has 118 valence electrons. The summed E-state index contributed by atoms with van der Waals surface area (Å²) in [6.45, 7) is 8.15. The Bertz CT molecular complexity index is 605. The van der Waals surface area contributed by atoms with Gasteiger partial charge in [0.15, 0.2) is 0 Å². The molecule has 22 heavy (non-hydrogen) atoms. The van der Waals surface area contributed by atoms with Crippen LogP contribution in [0.4, 0.5) is 5.82 Å². The van der Waals surface area contributed by atoms with E-state index in [1.807, 2.05) is 38.1 Å². The second kappa shape index (κ2) is 6.94. The van der Waals surface area contributed by atoms with Gasteiger partial charge in [0.2, 0.25) is 0 Å². The maximum Gasteiger partial charge on any atom is 0.126 e. The van der Waals surface area contributed by atoms with Crippen molar-refractivity contribution in [3.63, 3.8) is 0 Å². The number of ether oxygens (including phenoxy) is 1. The second-order valence-corrected chi connectivity index (χ2v) is 5.66. The van der Waals surface area contributed by atoms with E-state index in [2.05, 4.69) is 21.3 Å². The lowest BCUT2D eigenvalue weighted by molar-refractivity contribution is 0.0143. The summed E-state index contributed by atoms with van der Waals surface area (Å²) in [7, 11) is 0. The Kier molecular flexibility index (Phi) is 4.75. The molecule has 0 radical (unpaired) electrons. The molecule has 3 rings (SSSR count). The fourth-order valence-electron chi connectivity index (χ4n) is 2.77. The molecule has 5 nitrogen and oxygen atoms in total. The van der Waals surface area contributed by atoms with Gasteiger partial charge in [0, 0.05) is 25.3 Å². The van der Waals surface area contributed by atoms with Gasteiger partial charge >= 0.3 is 0 Å². The minimum absolute atomic E-state index is 0.194. The van der Waals surface area contributed by atoms with Crippen molar-refractivity contribution in [2.45, 2.75) is 19.9 Å². The van der Waals surface area contributed by atoms with Gasteiger partial charge in [-0.15, -0.1) is 0 Å². The topological polar surface area (TPSA) is 50.5 Å². The Morgan fingerprint density at radius 1 is 1.18 bits per heavy atom. The van der Waals surface area contributed by atoms with Gasteiger partial charge in [-0.3, -0.25) is 4.90 Å². The molecule has 0 aromatic carbocycles. The summed E-state index contributed by atoms with van der Waals surface area (Å²) >= 11 is 0. The largest absolute Gasteiger partial charge is 0.465 e. The van der Waals surface area contributed by atoms with E-state index in [0.29, 0.717) is 0 Å². The van der Waals surface area contributed by atoms with Crippen LogP contribution in [0.5, 0.6) is 0 Å². The molecule has 1 N–H and O–H groups in total. The van der Waals surface area contributed by atoms with Gasteiger partial charge in [-0.2, -0.15) is 0 Å². The Labute approximate surface area is 131 Å². The minimum atomic E-state index is 0.194. The molecule has 1 saturated heterocycles. The molecular formula is C17H23N3O2.